The number of carbonyl (C=O) groups is 3. The first-order valence-electron chi connectivity index (χ1n) is 14.7. The molecule has 5 rings (SSSR count). The van der Waals surface area contributed by atoms with Crippen LogP contribution in [0.25, 0.3) is 22.3 Å². The van der Waals surface area contributed by atoms with Crippen LogP contribution >= 0.6 is 0 Å². The average Bonchev–Trinajstić information content (AvgIpc) is 3.51. The predicted octanol–water partition coefficient (Wildman–Crippen LogP) is 7.71. The van der Waals surface area contributed by atoms with E-state index in [0.717, 1.165) is 29.7 Å². The number of hydrogen-bond acceptors (Lipinski definition) is 3. The molecule has 1 unspecified atom stereocenters. The van der Waals surface area contributed by atoms with Crippen molar-refractivity contribution in [2.24, 2.45) is 0 Å². The molecule has 9 heteroatoms. The Morgan fingerprint density at radius 3 is 1.89 bits per heavy atom. The lowest BCUT2D eigenvalue weighted by Gasteiger charge is -2.36. The molecule has 0 aliphatic carbocycles. The summed E-state index contributed by atoms with van der Waals surface area (Å²) in [5, 5.41) is 9.94. The van der Waals surface area contributed by atoms with E-state index < -0.39 is 29.7 Å². The lowest BCUT2D eigenvalue weighted by Crippen LogP contribution is -2.46. The van der Waals surface area contributed by atoms with Gasteiger partial charge in [0.25, 0.3) is 5.91 Å². The number of nitrogens with zero attached hydrogens (tertiary/aromatic N) is 2. The molecule has 0 radical (unpaired) electrons. The highest BCUT2D eigenvalue weighted by Crippen LogP contribution is 2.33. The molecule has 1 N–H and O–H groups in total. The Morgan fingerprint density at radius 2 is 1.36 bits per heavy atom. The van der Waals surface area contributed by atoms with Gasteiger partial charge in [-0.1, -0.05) is 78.9 Å². The summed E-state index contributed by atoms with van der Waals surface area (Å²) in [5.41, 5.74) is 3.34. The van der Waals surface area contributed by atoms with Gasteiger partial charge in [0.05, 0.1) is 18.0 Å². The smallest absolute Gasteiger partial charge is 0.416 e. The number of aliphatic carboxylic acids is 1. The molecule has 1 aliphatic rings. The van der Waals surface area contributed by atoms with Gasteiger partial charge in [-0.2, -0.15) is 13.2 Å². The number of rotatable bonds is 9. The molecule has 1 saturated heterocycles. The van der Waals surface area contributed by atoms with Crippen LogP contribution in [0.15, 0.2) is 103 Å². The minimum absolute atomic E-state index is 0.104. The number of alkyl halides is 3. The second-order valence-electron chi connectivity index (χ2n) is 11.2. The Hall–Kier alpha value is -4.92. The van der Waals surface area contributed by atoms with Crippen molar-refractivity contribution in [1.29, 1.82) is 0 Å². The van der Waals surface area contributed by atoms with Crippen molar-refractivity contribution in [2.45, 2.75) is 44.4 Å². The van der Waals surface area contributed by atoms with Gasteiger partial charge in [0, 0.05) is 31.6 Å². The zero-order valence-corrected chi connectivity index (χ0v) is 24.7. The van der Waals surface area contributed by atoms with Crippen LogP contribution in [-0.2, 0) is 15.8 Å². The summed E-state index contributed by atoms with van der Waals surface area (Å²) in [6.45, 7) is 2.21. The van der Waals surface area contributed by atoms with E-state index in [9.17, 15) is 32.7 Å². The Kier molecular flexibility index (Phi) is 9.37. The first kappa shape index (κ1) is 31.5. The SMILES string of the molecule is CC(=O)N1CCC[C@@H]1CN(C(=O)c1ccc(-c2ccc(C(F)(F)F)cc2)cc1)C(CC(=O)O)c1ccc(-c2ccccc2)cc1. The van der Waals surface area contributed by atoms with Crippen molar-refractivity contribution < 1.29 is 32.7 Å². The van der Waals surface area contributed by atoms with Gasteiger partial charge in [-0.05, 0) is 64.9 Å². The van der Waals surface area contributed by atoms with Crippen LogP contribution in [0.5, 0.6) is 0 Å². The van der Waals surface area contributed by atoms with Crippen LogP contribution in [-0.4, -0.2) is 51.8 Å². The molecule has 1 aliphatic heterocycles. The molecule has 4 aromatic rings. The molecule has 45 heavy (non-hydrogen) atoms. The van der Waals surface area contributed by atoms with Crippen LogP contribution in [0, 0.1) is 0 Å². The van der Waals surface area contributed by atoms with Crippen LogP contribution in [0.1, 0.15) is 53.7 Å². The molecule has 1 heterocycles. The van der Waals surface area contributed by atoms with Crippen molar-refractivity contribution >= 4 is 17.8 Å². The first-order valence-corrected chi connectivity index (χ1v) is 14.7. The number of halogens is 3. The quantitative estimate of drug-likeness (QED) is 0.210. The predicted molar refractivity (Wildman–Crippen MR) is 165 cm³/mol. The Bertz CT molecular complexity index is 1640. The second kappa shape index (κ2) is 13.4. The monoisotopic (exact) mass is 614 g/mol. The lowest BCUT2D eigenvalue weighted by atomic mass is 9.96. The maximum absolute atomic E-state index is 14.2. The molecule has 2 atom stereocenters. The molecule has 232 valence electrons. The summed E-state index contributed by atoms with van der Waals surface area (Å²) in [7, 11) is 0. The third kappa shape index (κ3) is 7.42. The maximum Gasteiger partial charge on any atom is 0.416 e. The Labute approximate surface area is 259 Å². The molecular formula is C36H33F3N2O4. The molecule has 0 aromatic heterocycles. The topological polar surface area (TPSA) is 77.9 Å². The lowest BCUT2D eigenvalue weighted by molar-refractivity contribution is -0.139. The minimum atomic E-state index is -4.44. The Morgan fingerprint density at radius 1 is 0.822 bits per heavy atom. The van der Waals surface area contributed by atoms with Crippen LogP contribution in [0.3, 0.4) is 0 Å². The van der Waals surface area contributed by atoms with E-state index in [1.807, 2.05) is 54.6 Å². The van der Waals surface area contributed by atoms with Crippen molar-refractivity contribution in [3.05, 3.63) is 120 Å². The zero-order valence-electron chi connectivity index (χ0n) is 24.7. The molecular weight excluding hydrogens is 581 g/mol. The normalized spacial score (nSPS) is 15.5. The van der Waals surface area contributed by atoms with Gasteiger partial charge in [0.1, 0.15) is 0 Å². The highest BCUT2D eigenvalue weighted by Gasteiger charge is 2.35. The van der Waals surface area contributed by atoms with Gasteiger partial charge in [-0.25, -0.2) is 0 Å². The summed E-state index contributed by atoms with van der Waals surface area (Å²) < 4.78 is 39.1. The largest absolute Gasteiger partial charge is 0.481 e. The number of carboxylic acids is 1. The van der Waals surface area contributed by atoms with Crippen molar-refractivity contribution in [3.63, 3.8) is 0 Å². The molecule has 4 aromatic carbocycles. The number of carboxylic acid groups (broad SMARTS) is 1. The zero-order chi connectivity index (χ0) is 32.1. The molecule has 1 fully saturated rings. The van der Waals surface area contributed by atoms with Gasteiger partial charge in [0.15, 0.2) is 0 Å². The third-order valence-corrected chi connectivity index (χ3v) is 8.27. The number of benzene rings is 4. The summed E-state index contributed by atoms with van der Waals surface area (Å²) in [6.07, 6.45) is -3.32. The molecule has 2 amide bonds. The van der Waals surface area contributed by atoms with Gasteiger partial charge in [0.2, 0.25) is 5.91 Å². The van der Waals surface area contributed by atoms with E-state index in [2.05, 4.69) is 0 Å². The number of likely N-dealkylation sites (tertiary alicyclic amines) is 1. The maximum atomic E-state index is 14.2. The molecule has 0 spiro atoms. The van der Waals surface area contributed by atoms with E-state index in [1.165, 1.54) is 19.1 Å². The minimum Gasteiger partial charge on any atom is -0.481 e. The van der Waals surface area contributed by atoms with E-state index in [-0.39, 0.29) is 24.9 Å². The van der Waals surface area contributed by atoms with Gasteiger partial charge < -0.3 is 14.9 Å². The average molecular weight is 615 g/mol. The summed E-state index contributed by atoms with van der Waals surface area (Å²) >= 11 is 0. The van der Waals surface area contributed by atoms with E-state index in [4.69, 9.17) is 0 Å². The van der Waals surface area contributed by atoms with Crippen LogP contribution in [0.2, 0.25) is 0 Å². The van der Waals surface area contributed by atoms with Crippen molar-refractivity contribution in [3.8, 4) is 22.3 Å². The number of carbonyl (C=O) groups excluding carboxylic acids is 2. The van der Waals surface area contributed by atoms with Crippen molar-refractivity contribution in [1.82, 2.24) is 9.80 Å². The van der Waals surface area contributed by atoms with E-state index in [1.54, 1.807) is 34.1 Å². The Balaban J connectivity index is 1.48. The summed E-state index contributed by atoms with van der Waals surface area (Å²) in [5.74, 6) is -1.58. The summed E-state index contributed by atoms with van der Waals surface area (Å²) in [4.78, 5) is 42.0. The fraction of sp³-hybridized carbons (Fsp3) is 0.250. The van der Waals surface area contributed by atoms with Gasteiger partial charge in [-0.15, -0.1) is 0 Å². The first-order chi connectivity index (χ1) is 21.5. The van der Waals surface area contributed by atoms with E-state index >= 15 is 0 Å². The molecule has 6 nitrogen and oxygen atoms in total. The highest BCUT2D eigenvalue weighted by atomic mass is 19.4. The van der Waals surface area contributed by atoms with Crippen LogP contribution < -0.4 is 0 Å². The van der Waals surface area contributed by atoms with Crippen LogP contribution in [0.4, 0.5) is 13.2 Å². The van der Waals surface area contributed by atoms with Crippen molar-refractivity contribution in [2.75, 3.05) is 13.1 Å². The fourth-order valence-electron chi connectivity index (χ4n) is 5.94. The third-order valence-electron chi connectivity index (χ3n) is 8.27. The molecule has 0 bridgehead atoms. The number of amides is 2. The van der Waals surface area contributed by atoms with Gasteiger partial charge >= 0.3 is 12.1 Å². The van der Waals surface area contributed by atoms with Gasteiger partial charge in [-0.3, -0.25) is 14.4 Å². The number of hydrogen-bond donors (Lipinski definition) is 1. The highest BCUT2D eigenvalue weighted by molar-refractivity contribution is 5.95. The summed E-state index contributed by atoms with van der Waals surface area (Å²) in [6, 6.07) is 27.4. The fourth-order valence-corrected chi connectivity index (χ4v) is 5.94. The standard InChI is InChI=1S/C36H33F3N2O4/c1-24(42)40-21-5-8-32(40)23-41(33(22-34(43)44)29-13-9-26(10-14-29)25-6-3-2-4-7-25)35(45)30-15-11-27(12-16-30)28-17-19-31(20-18-28)36(37,38)39/h2-4,6-7,9-20,32-33H,5,8,21-23H2,1H3,(H,43,44)/t32-,33?/m1/s1. The molecule has 0 saturated carbocycles. The second-order valence-corrected chi connectivity index (χ2v) is 11.2. The van der Waals surface area contributed by atoms with E-state index in [0.29, 0.717) is 35.2 Å².